The Morgan fingerprint density at radius 1 is 0.848 bits per heavy atom. The Morgan fingerprint density at radius 3 is 2.27 bits per heavy atom. The Kier molecular flexibility index (Phi) is 6.53. The van der Waals surface area contributed by atoms with E-state index < -0.39 is 0 Å². The molecule has 0 amide bonds. The molecule has 33 heavy (non-hydrogen) atoms. The molecular formula is C28H22ClNO3. The highest BCUT2D eigenvalue weighted by atomic mass is 35.5. The van der Waals surface area contributed by atoms with Crippen molar-refractivity contribution in [2.45, 2.75) is 6.92 Å². The van der Waals surface area contributed by atoms with Gasteiger partial charge in [-0.05, 0) is 48.9 Å². The van der Waals surface area contributed by atoms with Gasteiger partial charge < -0.3 is 14.5 Å². The Morgan fingerprint density at radius 2 is 1.58 bits per heavy atom. The lowest BCUT2D eigenvalue weighted by Gasteiger charge is -2.13. The van der Waals surface area contributed by atoms with Crippen molar-refractivity contribution in [2.24, 2.45) is 0 Å². The fourth-order valence-electron chi connectivity index (χ4n) is 3.67. The summed E-state index contributed by atoms with van der Waals surface area (Å²) in [6.45, 7) is 1.87. The Labute approximate surface area is 198 Å². The number of ether oxygens (including phenoxy) is 2. The van der Waals surface area contributed by atoms with Gasteiger partial charge in [0.2, 0.25) is 0 Å². The third kappa shape index (κ3) is 4.64. The molecule has 0 unspecified atom stereocenters. The first-order valence-corrected chi connectivity index (χ1v) is 10.7. The van der Waals surface area contributed by atoms with Crippen molar-refractivity contribution in [1.82, 2.24) is 4.98 Å². The van der Waals surface area contributed by atoms with E-state index in [1.165, 1.54) is 0 Å². The van der Waals surface area contributed by atoms with Gasteiger partial charge in [0.05, 0.1) is 14.2 Å². The fourth-order valence-corrected chi connectivity index (χ4v) is 3.89. The number of nitrogens with one attached hydrogen (secondary N) is 1. The van der Waals surface area contributed by atoms with E-state index in [1.807, 2.05) is 49.4 Å². The van der Waals surface area contributed by atoms with Gasteiger partial charge in [-0.2, -0.15) is 0 Å². The number of H-pyrrole nitrogens is 1. The average molecular weight is 456 g/mol. The van der Waals surface area contributed by atoms with E-state index in [-0.39, 0.29) is 5.78 Å². The van der Waals surface area contributed by atoms with E-state index in [2.05, 4.69) is 16.8 Å². The third-order valence-corrected chi connectivity index (χ3v) is 5.59. The number of halogens is 1. The number of aromatic nitrogens is 1. The predicted octanol–water partition coefficient (Wildman–Crippen LogP) is 6.29. The van der Waals surface area contributed by atoms with Gasteiger partial charge in [0.1, 0.15) is 0 Å². The largest absolute Gasteiger partial charge is 0.493 e. The molecule has 0 saturated carbocycles. The highest BCUT2D eigenvalue weighted by molar-refractivity contribution is 6.30. The van der Waals surface area contributed by atoms with Crippen LogP contribution in [0.5, 0.6) is 11.5 Å². The van der Waals surface area contributed by atoms with Crippen LogP contribution in [0, 0.1) is 18.8 Å². The molecule has 164 valence electrons. The monoisotopic (exact) mass is 455 g/mol. The van der Waals surface area contributed by atoms with Crippen LogP contribution in [0.25, 0.3) is 11.1 Å². The van der Waals surface area contributed by atoms with E-state index in [9.17, 15) is 4.79 Å². The van der Waals surface area contributed by atoms with Gasteiger partial charge in [-0.25, -0.2) is 0 Å². The summed E-state index contributed by atoms with van der Waals surface area (Å²) in [5, 5.41) is 0.594. The molecule has 0 aliphatic rings. The maximum atomic E-state index is 13.4. The van der Waals surface area contributed by atoms with Crippen LogP contribution in [-0.2, 0) is 0 Å². The molecular weight excluding hydrogens is 434 g/mol. The lowest BCUT2D eigenvalue weighted by Crippen LogP contribution is -2.04. The number of hydrogen-bond donors (Lipinski definition) is 1. The van der Waals surface area contributed by atoms with Crippen molar-refractivity contribution in [3.05, 3.63) is 106 Å². The normalized spacial score (nSPS) is 10.3. The highest BCUT2D eigenvalue weighted by Crippen LogP contribution is 2.37. The lowest BCUT2D eigenvalue weighted by molar-refractivity contribution is 0.103. The van der Waals surface area contributed by atoms with Crippen molar-refractivity contribution in [3.63, 3.8) is 0 Å². The van der Waals surface area contributed by atoms with Gasteiger partial charge in [-0.15, -0.1) is 0 Å². The Bertz CT molecular complexity index is 1380. The van der Waals surface area contributed by atoms with Gasteiger partial charge in [0.15, 0.2) is 17.3 Å². The van der Waals surface area contributed by atoms with Gasteiger partial charge in [0.25, 0.3) is 0 Å². The van der Waals surface area contributed by atoms with E-state index in [0.717, 1.165) is 27.8 Å². The molecule has 4 nitrogen and oxygen atoms in total. The summed E-state index contributed by atoms with van der Waals surface area (Å²) in [6, 6.07) is 18.7. The molecule has 0 aliphatic heterocycles. The standard InChI is InChI=1S/C28H22ClNO3/c1-18-13-21(29)11-12-22(18)28(31)25-17-30-16-24(25)23-15-27(33-3)26(32-2)14-20(23)10-9-19-7-5-4-6-8-19/h4-8,11-17,30H,1-3H3. The quantitative estimate of drug-likeness (QED) is 0.284. The van der Waals surface area contributed by atoms with Crippen LogP contribution in [0.3, 0.4) is 0 Å². The molecule has 0 radical (unpaired) electrons. The number of ketones is 1. The van der Waals surface area contributed by atoms with E-state index in [0.29, 0.717) is 27.6 Å². The molecule has 0 aliphatic carbocycles. The molecule has 1 N–H and O–H groups in total. The van der Waals surface area contributed by atoms with E-state index in [1.54, 1.807) is 44.8 Å². The first kappa shape index (κ1) is 22.3. The van der Waals surface area contributed by atoms with Crippen LogP contribution >= 0.6 is 11.6 Å². The van der Waals surface area contributed by atoms with Crippen LogP contribution in [0.15, 0.2) is 73.1 Å². The lowest BCUT2D eigenvalue weighted by atomic mass is 9.93. The minimum Gasteiger partial charge on any atom is -0.493 e. The summed E-state index contributed by atoms with van der Waals surface area (Å²) >= 11 is 6.08. The number of carbonyl (C=O) groups excluding carboxylic acids is 1. The average Bonchev–Trinajstić information content (AvgIpc) is 3.32. The number of rotatable bonds is 5. The zero-order valence-corrected chi connectivity index (χ0v) is 19.3. The topological polar surface area (TPSA) is 51.3 Å². The molecule has 1 aromatic heterocycles. The molecule has 1 heterocycles. The zero-order chi connectivity index (χ0) is 23.4. The van der Waals surface area contributed by atoms with Crippen molar-refractivity contribution in [1.29, 1.82) is 0 Å². The van der Waals surface area contributed by atoms with Crippen LogP contribution in [-0.4, -0.2) is 25.0 Å². The van der Waals surface area contributed by atoms with Gasteiger partial charge >= 0.3 is 0 Å². The summed E-state index contributed by atoms with van der Waals surface area (Å²) in [4.78, 5) is 16.5. The van der Waals surface area contributed by atoms with Crippen molar-refractivity contribution >= 4 is 17.4 Å². The van der Waals surface area contributed by atoms with Crippen LogP contribution in [0.4, 0.5) is 0 Å². The summed E-state index contributed by atoms with van der Waals surface area (Å²) < 4.78 is 11.0. The second-order valence-corrected chi connectivity index (χ2v) is 7.88. The van der Waals surface area contributed by atoms with Gasteiger partial charge in [-0.1, -0.05) is 41.6 Å². The molecule has 5 heteroatoms. The minimum atomic E-state index is -0.0998. The van der Waals surface area contributed by atoms with E-state index in [4.69, 9.17) is 21.1 Å². The number of benzene rings is 3. The number of aryl methyl sites for hydroxylation is 1. The summed E-state index contributed by atoms with van der Waals surface area (Å²) in [6.07, 6.45) is 3.50. The summed E-state index contributed by atoms with van der Waals surface area (Å²) in [5.74, 6) is 7.45. The Hall–Kier alpha value is -3.94. The highest BCUT2D eigenvalue weighted by Gasteiger charge is 2.21. The van der Waals surface area contributed by atoms with Crippen molar-refractivity contribution in [3.8, 4) is 34.5 Å². The fraction of sp³-hybridized carbons (Fsp3) is 0.107. The van der Waals surface area contributed by atoms with Gasteiger partial charge in [-0.3, -0.25) is 4.79 Å². The first-order chi connectivity index (χ1) is 16.0. The van der Waals surface area contributed by atoms with Gasteiger partial charge in [0, 0.05) is 56.9 Å². The first-order valence-electron chi connectivity index (χ1n) is 10.3. The van der Waals surface area contributed by atoms with Crippen molar-refractivity contribution in [2.75, 3.05) is 14.2 Å². The smallest absolute Gasteiger partial charge is 0.195 e. The van der Waals surface area contributed by atoms with Crippen LogP contribution in [0.2, 0.25) is 5.02 Å². The van der Waals surface area contributed by atoms with Crippen molar-refractivity contribution < 1.29 is 14.3 Å². The number of aromatic amines is 1. The molecule has 3 aromatic carbocycles. The molecule has 0 atom stereocenters. The number of methoxy groups -OCH3 is 2. The van der Waals surface area contributed by atoms with E-state index >= 15 is 0 Å². The molecule has 4 rings (SSSR count). The molecule has 4 aromatic rings. The Balaban J connectivity index is 1.87. The minimum absolute atomic E-state index is 0.0998. The number of hydrogen-bond acceptors (Lipinski definition) is 3. The molecule has 0 spiro atoms. The molecule has 0 saturated heterocycles. The maximum Gasteiger partial charge on any atom is 0.195 e. The summed E-state index contributed by atoms with van der Waals surface area (Å²) in [5.41, 5.74) is 5.06. The SMILES string of the molecule is COc1cc(C#Cc2ccccc2)c(-c2c[nH]cc2C(=O)c2ccc(Cl)cc2C)cc1OC. The third-order valence-electron chi connectivity index (χ3n) is 5.35. The van der Waals surface area contributed by atoms with Crippen LogP contribution < -0.4 is 9.47 Å². The second-order valence-electron chi connectivity index (χ2n) is 7.44. The maximum absolute atomic E-state index is 13.4. The predicted molar refractivity (Wildman–Crippen MR) is 131 cm³/mol. The van der Waals surface area contributed by atoms with Crippen LogP contribution in [0.1, 0.15) is 32.6 Å². The molecule has 0 fully saturated rings. The number of carbonyl (C=O) groups is 1. The summed E-state index contributed by atoms with van der Waals surface area (Å²) in [7, 11) is 3.16. The molecule has 0 bridgehead atoms. The zero-order valence-electron chi connectivity index (χ0n) is 18.5. The second kappa shape index (κ2) is 9.68.